The first-order valence-corrected chi connectivity index (χ1v) is 10.2. The summed E-state index contributed by atoms with van der Waals surface area (Å²) in [5.41, 5.74) is 0.937. The lowest BCUT2D eigenvalue weighted by molar-refractivity contribution is -0.124. The third-order valence-corrected chi connectivity index (χ3v) is 5.31. The largest absolute Gasteiger partial charge is 0.497 e. The second-order valence-electron chi connectivity index (χ2n) is 7.14. The zero-order valence-electron chi connectivity index (χ0n) is 17.2. The van der Waals surface area contributed by atoms with Gasteiger partial charge in [-0.2, -0.15) is 0 Å². The molecule has 9 heteroatoms. The molecule has 1 aliphatic rings. The molecule has 0 radical (unpaired) electrons. The lowest BCUT2D eigenvalue weighted by Crippen LogP contribution is -2.37. The molecule has 164 valence electrons. The minimum Gasteiger partial charge on any atom is -0.497 e. The van der Waals surface area contributed by atoms with E-state index in [1.807, 2.05) is 0 Å². The van der Waals surface area contributed by atoms with Crippen molar-refractivity contribution in [3.05, 3.63) is 77.7 Å². The monoisotopic (exact) mass is 453 g/mol. The minimum atomic E-state index is -0.985. The molecule has 2 aromatic carbocycles. The van der Waals surface area contributed by atoms with E-state index < -0.39 is 23.9 Å². The Kier molecular flexibility index (Phi) is 6.13. The predicted molar refractivity (Wildman–Crippen MR) is 119 cm³/mol. The molecule has 1 aromatic heterocycles. The van der Waals surface area contributed by atoms with Crippen molar-refractivity contribution in [2.75, 3.05) is 17.3 Å². The van der Waals surface area contributed by atoms with Crippen LogP contribution in [0.1, 0.15) is 12.2 Å². The van der Waals surface area contributed by atoms with E-state index in [0.29, 0.717) is 27.9 Å². The number of nitrogens with zero attached hydrogens (tertiary/aromatic N) is 2. The van der Waals surface area contributed by atoms with Crippen molar-refractivity contribution in [1.82, 2.24) is 4.90 Å². The van der Waals surface area contributed by atoms with Gasteiger partial charge in [0.1, 0.15) is 17.6 Å². The number of hydrogen-bond acceptors (Lipinski definition) is 5. The van der Waals surface area contributed by atoms with E-state index in [0.717, 1.165) is 4.90 Å². The number of furan rings is 1. The van der Waals surface area contributed by atoms with E-state index in [-0.39, 0.29) is 13.0 Å². The number of amides is 4. The quantitative estimate of drug-likeness (QED) is 0.538. The van der Waals surface area contributed by atoms with E-state index in [1.165, 1.54) is 11.2 Å². The maximum Gasteiger partial charge on any atom is 0.332 e. The molecule has 1 atom stereocenters. The Labute approximate surface area is 189 Å². The number of urea groups is 1. The summed E-state index contributed by atoms with van der Waals surface area (Å²) in [6, 6.07) is 15.1. The molecule has 0 bridgehead atoms. The summed E-state index contributed by atoms with van der Waals surface area (Å²) < 4.78 is 10.5. The molecule has 1 fully saturated rings. The van der Waals surface area contributed by atoms with Gasteiger partial charge in [-0.05, 0) is 60.7 Å². The number of halogens is 1. The number of carbonyl (C=O) groups is 3. The number of methoxy groups -OCH3 is 1. The Morgan fingerprint density at radius 1 is 1.09 bits per heavy atom. The third-order valence-electron chi connectivity index (χ3n) is 5.06. The highest BCUT2D eigenvalue weighted by molar-refractivity contribution is 6.30. The van der Waals surface area contributed by atoms with Gasteiger partial charge in [-0.15, -0.1) is 0 Å². The van der Waals surface area contributed by atoms with E-state index in [2.05, 4.69) is 5.32 Å². The lowest BCUT2D eigenvalue weighted by Gasteiger charge is -2.20. The van der Waals surface area contributed by atoms with Crippen molar-refractivity contribution in [3.63, 3.8) is 0 Å². The van der Waals surface area contributed by atoms with Crippen LogP contribution in [0, 0.1) is 0 Å². The SMILES string of the molecule is COc1ccc(NC(=O)C[C@@H]2C(=O)N(c3ccc(Cl)cc3)C(=O)N2Cc2ccco2)cc1. The van der Waals surface area contributed by atoms with Crippen molar-refractivity contribution in [1.29, 1.82) is 0 Å². The van der Waals surface area contributed by atoms with Gasteiger partial charge < -0.3 is 19.4 Å². The molecule has 4 amide bonds. The van der Waals surface area contributed by atoms with Crippen molar-refractivity contribution in [2.24, 2.45) is 0 Å². The highest BCUT2D eigenvalue weighted by atomic mass is 35.5. The van der Waals surface area contributed by atoms with Gasteiger partial charge in [-0.25, -0.2) is 9.69 Å². The van der Waals surface area contributed by atoms with Crippen LogP contribution < -0.4 is 15.0 Å². The molecule has 0 unspecified atom stereocenters. The molecule has 0 aliphatic carbocycles. The fraction of sp³-hybridized carbons (Fsp3) is 0.174. The van der Waals surface area contributed by atoms with Crippen molar-refractivity contribution >= 4 is 40.8 Å². The van der Waals surface area contributed by atoms with Gasteiger partial charge >= 0.3 is 6.03 Å². The van der Waals surface area contributed by atoms with Gasteiger partial charge in [0.25, 0.3) is 5.91 Å². The third kappa shape index (κ3) is 4.45. The maximum atomic E-state index is 13.2. The molecule has 32 heavy (non-hydrogen) atoms. The molecule has 0 spiro atoms. The van der Waals surface area contributed by atoms with Crippen LogP contribution in [0.5, 0.6) is 5.75 Å². The molecule has 4 rings (SSSR count). The van der Waals surface area contributed by atoms with Crippen LogP contribution in [-0.2, 0) is 16.1 Å². The summed E-state index contributed by atoms with van der Waals surface area (Å²) in [5, 5.41) is 3.24. The summed E-state index contributed by atoms with van der Waals surface area (Å²) in [7, 11) is 1.55. The Hall–Kier alpha value is -3.78. The Morgan fingerprint density at radius 2 is 1.81 bits per heavy atom. The molecule has 8 nitrogen and oxygen atoms in total. The fourth-order valence-corrected chi connectivity index (χ4v) is 3.60. The van der Waals surface area contributed by atoms with Crippen LogP contribution in [0.2, 0.25) is 5.02 Å². The molecule has 1 aliphatic heterocycles. The Morgan fingerprint density at radius 3 is 2.44 bits per heavy atom. The van der Waals surface area contributed by atoms with E-state index in [9.17, 15) is 14.4 Å². The van der Waals surface area contributed by atoms with Crippen LogP contribution in [0.15, 0.2) is 71.3 Å². The zero-order chi connectivity index (χ0) is 22.7. The predicted octanol–water partition coefficient (Wildman–Crippen LogP) is 4.31. The van der Waals surface area contributed by atoms with Gasteiger partial charge in [0, 0.05) is 10.7 Å². The van der Waals surface area contributed by atoms with Gasteiger partial charge in [-0.3, -0.25) is 9.59 Å². The van der Waals surface area contributed by atoms with E-state index >= 15 is 0 Å². The number of ether oxygens (including phenoxy) is 1. The van der Waals surface area contributed by atoms with Gasteiger partial charge in [0.2, 0.25) is 5.91 Å². The highest BCUT2D eigenvalue weighted by Gasteiger charge is 2.47. The molecule has 1 saturated heterocycles. The first-order valence-electron chi connectivity index (χ1n) is 9.82. The number of anilines is 2. The average Bonchev–Trinajstić information content (AvgIpc) is 3.38. The summed E-state index contributed by atoms with van der Waals surface area (Å²) in [5.74, 6) is 0.268. The summed E-state index contributed by atoms with van der Waals surface area (Å²) in [6.45, 7) is 0.0577. The molecule has 2 heterocycles. The number of rotatable bonds is 7. The molecule has 0 saturated carbocycles. The second-order valence-corrected chi connectivity index (χ2v) is 7.57. The van der Waals surface area contributed by atoms with Gasteiger partial charge in [-0.1, -0.05) is 11.6 Å². The number of benzene rings is 2. The molecule has 3 aromatic rings. The fourth-order valence-electron chi connectivity index (χ4n) is 3.47. The number of carbonyl (C=O) groups excluding carboxylic acids is 3. The zero-order valence-corrected chi connectivity index (χ0v) is 17.9. The summed E-state index contributed by atoms with van der Waals surface area (Å²) >= 11 is 5.94. The molecule has 1 N–H and O–H groups in total. The van der Waals surface area contributed by atoms with Gasteiger partial charge in [0.05, 0.1) is 32.0 Å². The average molecular weight is 454 g/mol. The summed E-state index contributed by atoms with van der Waals surface area (Å²) in [6.07, 6.45) is 1.28. The number of nitrogens with one attached hydrogen (secondary N) is 1. The van der Waals surface area contributed by atoms with Crippen LogP contribution in [0.3, 0.4) is 0 Å². The Balaban J connectivity index is 1.56. The van der Waals surface area contributed by atoms with E-state index in [4.69, 9.17) is 20.8 Å². The van der Waals surface area contributed by atoms with Crippen LogP contribution in [0.4, 0.5) is 16.2 Å². The second kappa shape index (κ2) is 9.15. The minimum absolute atomic E-state index is 0.0577. The highest BCUT2D eigenvalue weighted by Crippen LogP contribution is 2.29. The number of hydrogen-bond donors (Lipinski definition) is 1. The Bertz CT molecular complexity index is 1110. The first-order chi connectivity index (χ1) is 15.5. The van der Waals surface area contributed by atoms with E-state index in [1.54, 1.807) is 67.8 Å². The normalized spacial score (nSPS) is 15.9. The topological polar surface area (TPSA) is 92.1 Å². The first kappa shape index (κ1) is 21.5. The lowest BCUT2D eigenvalue weighted by atomic mass is 10.1. The van der Waals surface area contributed by atoms with Gasteiger partial charge in [0.15, 0.2) is 0 Å². The molecular formula is C23H20ClN3O5. The molecular weight excluding hydrogens is 434 g/mol. The number of imide groups is 1. The van der Waals surface area contributed by atoms with Crippen LogP contribution >= 0.6 is 11.6 Å². The van der Waals surface area contributed by atoms with Crippen LogP contribution in [0.25, 0.3) is 0 Å². The van der Waals surface area contributed by atoms with Crippen molar-refractivity contribution in [2.45, 2.75) is 19.0 Å². The smallest absolute Gasteiger partial charge is 0.332 e. The summed E-state index contributed by atoms with van der Waals surface area (Å²) in [4.78, 5) is 41.5. The van der Waals surface area contributed by atoms with Crippen molar-refractivity contribution in [3.8, 4) is 5.75 Å². The maximum absolute atomic E-state index is 13.2. The standard InChI is InChI=1S/C23H20ClN3O5/c1-31-18-10-6-16(7-11-18)25-21(28)13-20-22(29)27(17-8-4-15(24)5-9-17)23(30)26(20)14-19-3-2-12-32-19/h2-12,20H,13-14H2,1H3,(H,25,28)/t20-/m1/s1. The van der Waals surface area contributed by atoms with Crippen molar-refractivity contribution < 1.29 is 23.5 Å². The van der Waals surface area contributed by atoms with Crippen LogP contribution in [-0.4, -0.2) is 35.9 Å².